The molecule has 28 heavy (non-hydrogen) atoms. The first-order chi connectivity index (χ1) is 13.6. The van der Waals surface area contributed by atoms with Crippen LogP contribution < -0.4 is 5.32 Å². The zero-order chi connectivity index (χ0) is 19.5. The monoisotopic (exact) mass is 377 g/mol. The molecule has 0 radical (unpaired) electrons. The van der Waals surface area contributed by atoms with Crippen LogP contribution in [0.2, 0.25) is 0 Å². The number of aryl methyl sites for hydroxylation is 1. The van der Waals surface area contributed by atoms with Crippen LogP contribution in [0.15, 0.2) is 66.9 Å². The molecule has 0 unspecified atom stereocenters. The van der Waals surface area contributed by atoms with Crippen molar-refractivity contribution in [1.29, 1.82) is 0 Å². The maximum atomic E-state index is 13.1. The summed E-state index contributed by atoms with van der Waals surface area (Å²) in [7, 11) is 2.03. The molecule has 4 rings (SSSR count). The normalized spacial score (nSPS) is 15.1. The molecule has 3 aromatic rings. The number of halogens is 1. The van der Waals surface area contributed by atoms with Gasteiger partial charge in [-0.2, -0.15) is 0 Å². The van der Waals surface area contributed by atoms with Gasteiger partial charge < -0.3 is 9.88 Å². The molecule has 1 aliphatic heterocycles. The molecule has 1 aliphatic rings. The van der Waals surface area contributed by atoms with Crippen LogP contribution in [0.5, 0.6) is 0 Å². The lowest BCUT2D eigenvalue weighted by Crippen LogP contribution is -2.41. The number of nitrogens with zero attached hydrogens (tertiary/aromatic N) is 2. The number of hydrogen-bond donors (Lipinski definition) is 1. The highest BCUT2D eigenvalue weighted by molar-refractivity contribution is 5.94. The Kier molecular flexibility index (Phi) is 5.26. The third-order valence-electron chi connectivity index (χ3n) is 5.49. The van der Waals surface area contributed by atoms with Crippen LogP contribution in [0.1, 0.15) is 33.2 Å². The smallest absolute Gasteiger partial charge is 0.251 e. The van der Waals surface area contributed by atoms with Crippen LogP contribution in [0.4, 0.5) is 4.39 Å². The van der Waals surface area contributed by atoms with Gasteiger partial charge in [0.25, 0.3) is 5.91 Å². The summed E-state index contributed by atoms with van der Waals surface area (Å²) < 4.78 is 15.2. The second-order valence-electron chi connectivity index (χ2n) is 7.27. The summed E-state index contributed by atoms with van der Waals surface area (Å²) >= 11 is 0. The number of fused-ring (bicyclic) bond motifs is 1. The zero-order valence-corrected chi connectivity index (χ0v) is 15.9. The lowest BCUT2D eigenvalue weighted by atomic mass is 9.97. The van der Waals surface area contributed by atoms with E-state index >= 15 is 0 Å². The predicted molar refractivity (Wildman–Crippen MR) is 107 cm³/mol. The first-order valence-corrected chi connectivity index (χ1v) is 9.57. The van der Waals surface area contributed by atoms with Crippen LogP contribution >= 0.6 is 0 Å². The third kappa shape index (κ3) is 3.85. The number of carbonyl (C=O) groups excluding carboxylic acids is 1. The van der Waals surface area contributed by atoms with E-state index in [-0.39, 0.29) is 17.8 Å². The van der Waals surface area contributed by atoms with Gasteiger partial charge in [0, 0.05) is 44.1 Å². The lowest BCUT2D eigenvalue weighted by molar-refractivity contribution is 0.0925. The summed E-state index contributed by atoms with van der Waals surface area (Å²) in [6.07, 6.45) is 3.03. The molecule has 0 saturated carbocycles. The molecule has 1 amide bonds. The van der Waals surface area contributed by atoms with E-state index in [1.807, 2.05) is 19.3 Å². The lowest BCUT2D eigenvalue weighted by Gasteiger charge is -2.36. The highest BCUT2D eigenvalue weighted by Gasteiger charge is 2.26. The summed E-state index contributed by atoms with van der Waals surface area (Å²) in [6, 6.07) is 18.4. The minimum atomic E-state index is -0.342. The standard InChI is InChI=1S/C23H24FN3O/c1-26-13-4-7-21(26)22(15-25-23(28)18-8-10-20(24)11-9-18)27-14-12-17-5-2-3-6-19(17)16-27/h2-11,13,22H,12,14-16H2,1H3,(H,25,28)/t22-/m1/s1. The Morgan fingerprint density at radius 1 is 1.07 bits per heavy atom. The minimum Gasteiger partial charge on any atom is -0.353 e. The van der Waals surface area contributed by atoms with E-state index < -0.39 is 0 Å². The average Bonchev–Trinajstić information content (AvgIpc) is 3.14. The quantitative estimate of drug-likeness (QED) is 0.736. The fourth-order valence-electron chi connectivity index (χ4n) is 3.92. The average molecular weight is 377 g/mol. The topological polar surface area (TPSA) is 37.3 Å². The van der Waals surface area contributed by atoms with E-state index in [2.05, 4.69) is 45.1 Å². The van der Waals surface area contributed by atoms with Gasteiger partial charge in [0.15, 0.2) is 0 Å². The van der Waals surface area contributed by atoms with Crippen molar-refractivity contribution >= 4 is 5.91 Å². The Morgan fingerprint density at radius 2 is 1.82 bits per heavy atom. The SMILES string of the molecule is Cn1cccc1[C@@H](CNC(=O)c1ccc(F)cc1)N1CCc2ccccc2C1. The van der Waals surface area contributed by atoms with Crippen LogP contribution in [0.25, 0.3) is 0 Å². The fourth-order valence-corrected chi connectivity index (χ4v) is 3.92. The Morgan fingerprint density at radius 3 is 2.54 bits per heavy atom. The molecule has 1 N–H and O–H groups in total. The summed E-state index contributed by atoms with van der Waals surface area (Å²) in [6.45, 7) is 2.30. The van der Waals surface area contributed by atoms with E-state index in [0.29, 0.717) is 12.1 Å². The minimum absolute atomic E-state index is 0.0674. The molecule has 2 aromatic carbocycles. The third-order valence-corrected chi connectivity index (χ3v) is 5.49. The molecule has 4 nitrogen and oxygen atoms in total. The van der Waals surface area contributed by atoms with Gasteiger partial charge in [-0.3, -0.25) is 9.69 Å². The molecule has 0 fully saturated rings. The molecular weight excluding hydrogens is 353 g/mol. The van der Waals surface area contributed by atoms with Crippen molar-refractivity contribution in [2.75, 3.05) is 13.1 Å². The van der Waals surface area contributed by atoms with Gasteiger partial charge in [-0.05, 0) is 53.9 Å². The first kappa shape index (κ1) is 18.4. The Balaban J connectivity index is 1.53. The molecule has 2 heterocycles. The number of rotatable bonds is 5. The van der Waals surface area contributed by atoms with Crippen molar-refractivity contribution in [3.63, 3.8) is 0 Å². The number of carbonyl (C=O) groups is 1. The van der Waals surface area contributed by atoms with E-state index in [1.165, 1.54) is 41.1 Å². The van der Waals surface area contributed by atoms with Gasteiger partial charge >= 0.3 is 0 Å². The van der Waals surface area contributed by atoms with E-state index in [9.17, 15) is 9.18 Å². The number of aromatic nitrogens is 1. The van der Waals surface area contributed by atoms with Gasteiger partial charge in [-0.15, -0.1) is 0 Å². The van der Waals surface area contributed by atoms with E-state index in [4.69, 9.17) is 0 Å². The molecule has 1 aromatic heterocycles. The van der Waals surface area contributed by atoms with Crippen molar-refractivity contribution < 1.29 is 9.18 Å². The van der Waals surface area contributed by atoms with E-state index in [1.54, 1.807) is 0 Å². The number of amides is 1. The Labute approximate surface area is 164 Å². The highest BCUT2D eigenvalue weighted by atomic mass is 19.1. The van der Waals surface area contributed by atoms with Gasteiger partial charge in [0.2, 0.25) is 0 Å². The van der Waals surface area contributed by atoms with Crippen LogP contribution in [-0.2, 0) is 20.0 Å². The van der Waals surface area contributed by atoms with Crippen LogP contribution in [0, 0.1) is 5.82 Å². The molecule has 144 valence electrons. The highest BCUT2D eigenvalue weighted by Crippen LogP contribution is 2.27. The number of nitrogens with one attached hydrogen (secondary N) is 1. The summed E-state index contributed by atoms with van der Waals surface area (Å²) in [5.41, 5.74) is 4.38. The second kappa shape index (κ2) is 7.98. The fraction of sp³-hybridized carbons (Fsp3) is 0.261. The van der Waals surface area contributed by atoms with Crippen molar-refractivity contribution in [3.05, 3.63) is 95.1 Å². The number of hydrogen-bond acceptors (Lipinski definition) is 2. The van der Waals surface area contributed by atoms with Gasteiger partial charge in [-0.25, -0.2) is 4.39 Å². The van der Waals surface area contributed by atoms with Gasteiger partial charge in [0.1, 0.15) is 5.82 Å². The van der Waals surface area contributed by atoms with Crippen molar-refractivity contribution in [3.8, 4) is 0 Å². The summed E-state index contributed by atoms with van der Waals surface area (Å²) in [5.74, 6) is -0.526. The van der Waals surface area contributed by atoms with E-state index in [0.717, 1.165) is 19.5 Å². The molecular formula is C23H24FN3O. The molecule has 0 saturated heterocycles. The van der Waals surface area contributed by atoms with Crippen LogP contribution in [-0.4, -0.2) is 28.5 Å². The zero-order valence-electron chi connectivity index (χ0n) is 15.9. The Bertz CT molecular complexity index is 964. The Hall–Kier alpha value is -2.92. The van der Waals surface area contributed by atoms with Crippen molar-refractivity contribution in [2.24, 2.45) is 7.05 Å². The molecule has 1 atom stereocenters. The molecule has 5 heteroatoms. The van der Waals surface area contributed by atoms with Gasteiger partial charge in [0.05, 0.1) is 6.04 Å². The van der Waals surface area contributed by atoms with Gasteiger partial charge in [-0.1, -0.05) is 24.3 Å². The predicted octanol–water partition coefficient (Wildman–Crippen LogP) is 3.69. The largest absolute Gasteiger partial charge is 0.353 e. The molecule has 0 bridgehead atoms. The summed E-state index contributed by atoms with van der Waals surface area (Å²) in [5, 5.41) is 3.04. The summed E-state index contributed by atoms with van der Waals surface area (Å²) in [4.78, 5) is 15.0. The molecule has 0 aliphatic carbocycles. The van der Waals surface area contributed by atoms with Crippen molar-refractivity contribution in [1.82, 2.24) is 14.8 Å². The first-order valence-electron chi connectivity index (χ1n) is 9.57. The maximum absolute atomic E-state index is 13.1. The van der Waals surface area contributed by atoms with Crippen molar-refractivity contribution in [2.45, 2.75) is 19.0 Å². The molecule has 0 spiro atoms. The second-order valence-corrected chi connectivity index (χ2v) is 7.27. The van der Waals surface area contributed by atoms with Crippen LogP contribution in [0.3, 0.4) is 0 Å². The number of benzene rings is 2. The maximum Gasteiger partial charge on any atom is 0.251 e.